The number of nitrogens with two attached hydrogens (primary N) is 1. The molecular weight excluding hydrogens is 246 g/mol. The largest absolute Gasteiger partial charge is 0.399 e. The molecule has 2 nitrogen and oxygen atoms in total. The number of halogens is 2. The van der Waals surface area contributed by atoms with Crippen LogP contribution in [0.25, 0.3) is 0 Å². The molecule has 0 spiro atoms. The van der Waals surface area contributed by atoms with Gasteiger partial charge in [-0.3, -0.25) is 0 Å². The number of nitrogens with one attached hydrogen (secondary N) is 1. The molecule has 1 fully saturated rings. The molecule has 3 N–H and O–H groups in total. The van der Waals surface area contributed by atoms with Gasteiger partial charge < -0.3 is 11.1 Å². The lowest BCUT2D eigenvalue weighted by molar-refractivity contribution is 0.274. The average molecular weight is 268 g/mol. The van der Waals surface area contributed by atoms with Crippen molar-refractivity contribution in [3.63, 3.8) is 0 Å². The van der Waals surface area contributed by atoms with Gasteiger partial charge in [0.1, 0.15) is 5.69 Å². The maximum absolute atomic E-state index is 13.6. The third-order valence-corrected chi connectivity index (χ3v) is 3.96. The van der Waals surface area contributed by atoms with Crippen LogP contribution in [0.2, 0.25) is 0 Å². The molecule has 0 saturated heterocycles. The molecule has 19 heavy (non-hydrogen) atoms. The number of rotatable bonds is 4. The summed E-state index contributed by atoms with van der Waals surface area (Å²) in [5.74, 6) is 0.226. The van der Waals surface area contributed by atoms with Gasteiger partial charge in [-0.1, -0.05) is 26.2 Å². The van der Waals surface area contributed by atoms with Crippen LogP contribution >= 0.6 is 0 Å². The van der Waals surface area contributed by atoms with Crippen LogP contribution in [0.5, 0.6) is 0 Å². The number of hydrogen-bond acceptors (Lipinski definition) is 2. The van der Waals surface area contributed by atoms with Crippen molar-refractivity contribution in [2.75, 3.05) is 17.6 Å². The molecule has 2 atom stereocenters. The summed E-state index contributed by atoms with van der Waals surface area (Å²) in [5, 5.41) is 2.87. The van der Waals surface area contributed by atoms with Crippen LogP contribution in [-0.4, -0.2) is 6.54 Å². The molecule has 106 valence electrons. The SMILES string of the molecule is CC1CCCC(CCNc2c(F)cc(N)cc2F)C1. The fourth-order valence-corrected chi connectivity index (χ4v) is 2.98. The summed E-state index contributed by atoms with van der Waals surface area (Å²) in [5.41, 5.74) is 5.44. The Bertz CT molecular complexity index is 411. The fraction of sp³-hybridized carbons (Fsp3) is 0.600. The summed E-state index contributed by atoms with van der Waals surface area (Å²) in [7, 11) is 0. The van der Waals surface area contributed by atoms with Gasteiger partial charge in [0.05, 0.1) is 0 Å². The number of nitrogen functional groups attached to an aromatic ring is 1. The highest BCUT2D eigenvalue weighted by molar-refractivity contribution is 5.53. The van der Waals surface area contributed by atoms with E-state index < -0.39 is 11.6 Å². The Balaban J connectivity index is 1.85. The Morgan fingerprint density at radius 1 is 1.26 bits per heavy atom. The van der Waals surface area contributed by atoms with E-state index in [4.69, 9.17) is 5.73 Å². The Morgan fingerprint density at radius 3 is 2.58 bits per heavy atom. The third kappa shape index (κ3) is 3.82. The second-order valence-corrected chi connectivity index (χ2v) is 5.71. The van der Waals surface area contributed by atoms with Crippen molar-refractivity contribution in [3.05, 3.63) is 23.8 Å². The molecule has 0 heterocycles. The maximum Gasteiger partial charge on any atom is 0.151 e. The lowest BCUT2D eigenvalue weighted by Gasteiger charge is -2.26. The lowest BCUT2D eigenvalue weighted by atomic mass is 9.81. The molecule has 1 aromatic rings. The van der Waals surface area contributed by atoms with E-state index in [9.17, 15) is 8.78 Å². The first kappa shape index (κ1) is 14.1. The van der Waals surface area contributed by atoms with Gasteiger partial charge in [-0.15, -0.1) is 0 Å². The summed E-state index contributed by atoms with van der Waals surface area (Å²) in [6.45, 7) is 2.88. The van der Waals surface area contributed by atoms with Crippen molar-refractivity contribution in [2.45, 2.75) is 39.0 Å². The molecular formula is C15H22F2N2. The van der Waals surface area contributed by atoms with Gasteiger partial charge >= 0.3 is 0 Å². The monoisotopic (exact) mass is 268 g/mol. The average Bonchev–Trinajstić information content (AvgIpc) is 2.32. The van der Waals surface area contributed by atoms with E-state index in [0.29, 0.717) is 12.5 Å². The van der Waals surface area contributed by atoms with Gasteiger partial charge in [-0.05, 0) is 36.8 Å². The van der Waals surface area contributed by atoms with Crippen LogP contribution in [0.1, 0.15) is 39.0 Å². The maximum atomic E-state index is 13.6. The zero-order valence-electron chi connectivity index (χ0n) is 11.4. The van der Waals surface area contributed by atoms with Gasteiger partial charge in [0.15, 0.2) is 11.6 Å². The molecule has 4 heteroatoms. The molecule has 2 unspecified atom stereocenters. The highest BCUT2D eigenvalue weighted by Gasteiger charge is 2.18. The van der Waals surface area contributed by atoms with Crippen molar-refractivity contribution in [1.82, 2.24) is 0 Å². The molecule has 0 amide bonds. The summed E-state index contributed by atoms with van der Waals surface area (Å²) in [6.07, 6.45) is 6.02. The summed E-state index contributed by atoms with van der Waals surface area (Å²) in [4.78, 5) is 0. The first-order valence-corrected chi connectivity index (χ1v) is 7.04. The zero-order valence-corrected chi connectivity index (χ0v) is 11.4. The van der Waals surface area contributed by atoms with E-state index in [-0.39, 0.29) is 11.4 Å². The second-order valence-electron chi connectivity index (χ2n) is 5.71. The Hall–Kier alpha value is -1.32. The van der Waals surface area contributed by atoms with Crippen molar-refractivity contribution in [1.29, 1.82) is 0 Å². The predicted molar refractivity (Wildman–Crippen MR) is 75.0 cm³/mol. The lowest BCUT2D eigenvalue weighted by Crippen LogP contribution is -2.17. The van der Waals surface area contributed by atoms with Crippen LogP contribution in [0, 0.1) is 23.5 Å². The van der Waals surface area contributed by atoms with Gasteiger partial charge in [-0.25, -0.2) is 8.78 Å². The van der Waals surface area contributed by atoms with Crippen LogP contribution in [-0.2, 0) is 0 Å². The second kappa shape index (κ2) is 6.22. The summed E-state index contributed by atoms with van der Waals surface area (Å²) < 4.78 is 27.1. The Kier molecular flexibility index (Phi) is 4.61. The van der Waals surface area contributed by atoms with E-state index in [1.54, 1.807) is 0 Å². The highest BCUT2D eigenvalue weighted by Crippen LogP contribution is 2.31. The number of benzene rings is 1. The number of anilines is 2. The van der Waals surface area contributed by atoms with Gasteiger partial charge in [0.25, 0.3) is 0 Å². The Morgan fingerprint density at radius 2 is 1.95 bits per heavy atom. The van der Waals surface area contributed by atoms with Crippen LogP contribution in [0.4, 0.5) is 20.2 Å². The van der Waals surface area contributed by atoms with Crippen LogP contribution in [0.3, 0.4) is 0 Å². The molecule has 1 aliphatic carbocycles. The van der Waals surface area contributed by atoms with E-state index >= 15 is 0 Å². The van der Waals surface area contributed by atoms with Crippen molar-refractivity contribution >= 4 is 11.4 Å². The smallest absolute Gasteiger partial charge is 0.151 e. The van der Waals surface area contributed by atoms with E-state index in [0.717, 1.165) is 24.5 Å². The topological polar surface area (TPSA) is 38.0 Å². The molecule has 2 rings (SSSR count). The van der Waals surface area contributed by atoms with Gasteiger partial charge in [0, 0.05) is 12.2 Å². The van der Waals surface area contributed by atoms with Crippen LogP contribution < -0.4 is 11.1 Å². The quantitative estimate of drug-likeness (QED) is 0.804. The fourth-order valence-electron chi connectivity index (χ4n) is 2.98. The van der Waals surface area contributed by atoms with E-state index in [1.807, 2.05) is 0 Å². The van der Waals surface area contributed by atoms with E-state index in [2.05, 4.69) is 12.2 Å². The van der Waals surface area contributed by atoms with Crippen molar-refractivity contribution in [2.24, 2.45) is 11.8 Å². The molecule has 1 saturated carbocycles. The Labute approximate surface area is 113 Å². The molecule has 0 aliphatic heterocycles. The molecule has 0 aromatic heterocycles. The van der Waals surface area contributed by atoms with Crippen molar-refractivity contribution < 1.29 is 8.78 Å². The normalized spacial score (nSPS) is 23.3. The minimum Gasteiger partial charge on any atom is -0.399 e. The third-order valence-electron chi connectivity index (χ3n) is 3.96. The first-order chi connectivity index (χ1) is 9.06. The first-order valence-electron chi connectivity index (χ1n) is 7.04. The standard InChI is InChI=1S/C15H22F2N2/c1-10-3-2-4-11(7-10)5-6-19-15-13(16)8-12(18)9-14(15)17/h8-11,19H,2-7,18H2,1H3. The minimum absolute atomic E-state index is 0.0574. The zero-order chi connectivity index (χ0) is 13.8. The molecule has 0 bridgehead atoms. The number of hydrogen-bond donors (Lipinski definition) is 2. The molecule has 1 aliphatic rings. The van der Waals surface area contributed by atoms with E-state index in [1.165, 1.54) is 25.7 Å². The van der Waals surface area contributed by atoms with Gasteiger partial charge in [-0.2, -0.15) is 0 Å². The molecule has 1 aromatic carbocycles. The summed E-state index contributed by atoms with van der Waals surface area (Å²) >= 11 is 0. The predicted octanol–water partition coefficient (Wildman–Crippen LogP) is 4.18. The summed E-state index contributed by atoms with van der Waals surface area (Å²) in [6, 6.07) is 2.29. The van der Waals surface area contributed by atoms with Crippen molar-refractivity contribution in [3.8, 4) is 0 Å². The minimum atomic E-state index is -0.616. The van der Waals surface area contributed by atoms with Gasteiger partial charge in [0.2, 0.25) is 0 Å². The highest BCUT2D eigenvalue weighted by atomic mass is 19.1. The van der Waals surface area contributed by atoms with Crippen LogP contribution in [0.15, 0.2) is 12.1 Å². The molecule has 0 radical (unpaired) electrons.